The minimum atomic E-state index is -4.57. The molecule has 1 heterocycles. The first-order valence-electron chi connectivity index (χ1n) is 6.63. The molecule has 116 valence electrons. The Bertz CT molecular complexity index is 494. The van der Waals surface area contributed by atoms with Crippen molar-refractivity contribution in [1.82, 2.24) is 10.6 Å². The highest BCUT2D eigenvalue weighted by Gasteiger charge is 2.61. The van der Waals surface area contributed by atoms with E-state index in [2.05, 4.69) is 10.6 Å². The molecule has 1 aliphatic heterocycles. The van der Waals surface area contributed by atoms with Crippen molar-refractivity contribution in [1.29, 1.82) is 0 Å². The Morgan fingerprint density at radius 3 is 2.38 bits per heavy atom. The van der Waals surface area contributed by atoms with Gasteiger partial charge in [0.1, 0.15) is 0 Å². The molecule has 1 saturated heterocycles. The second-order valence-electron chi connectivity index (χ2n) is 5.16. The number of amides is 1. The predicted octanol–water partition coefficient (Wildman–Crippen LogP) is 1.34. The summed E-state index contributed by atoms with van der Waals surface area (Å²) >= 11 is 0. The lowest BCUT2D eigenvalue weighted by Crippen LogP contribution is -2.52. The number of halogens is 3. The summed E-state index contributed by atoms with van der Waals surface area (Å²) in [7, 11) is 0. The lowest BCUT2D eigenvalue weighted by Gasteiger charge is -2.29. The molecule has 3 N–H and O–H groups in total. The number of rotatable bonds is 4. The Hall–Kier alpha value is -1.60. The molecular formula is C14H17F3N2O2. The zero-order valence-electron chi connectivity index (χ0n) is 11.3. The van der Waals surface area contributed by atoms with Crippen molar-refractivity contribution in [3.05, 3.63) is 35.4 Å². The van der Waals surface area contributed by atoms with E-state index in [4.69, 9.17) is 5.11 Å². The fourth-order valence-electron chi connectivity index (χ4n) is 2.37. The van der Waals surface area contributed by atoms with Crippen LogP contribution in [0.4, 0.5) is 13.2 Å². The van der Waals surface area contributed by atoms with Crippen LogP contribution in [0.3, 0.4) is 0 Å². The second kappa shape index (κ2) is 6.03. The molecule has 1 amide bonds. The number of aliphatic hydroxyl groups is 1. The van der Waals surface area contributed by atoms with Gasteiger partial charge < -0.3 is 15.7 Å². The molecule has 21 heavy (non-hydrogen) atoms. The van der Waals surface area contributed by atoms with Gasteiger partial charge >= 0.3 is 6.18 Å². The number of hydrogen-bond acceptors (Lipinski definition) is 3. The third kappa shape index (κ3) is 3.19. The van der Waals surface area contributed by atoms with Crippen LogP contribution in [-0.2, 0) is 17.9 Å². The van der Waals surface area contributed by atoms with Crippen LogP contribution in [0.15, 0.2) is 24.3 Å². The molecule has 4 nitrogen and oxygen atoms in total. The zero-order valence-corrected chi connectivity index (χ0v) is 11.3. The van der Waals surface area contributed by atoms with Crippen LogP contribution in [0, 0.1) is 5.41 Å². The standard InChI is InChI=1S/C14H17F3N2O2/c15-14(16,17)13(5-6-18-9-13)12(21)19-7-10-1-3-11(8-20)4-2-10/h1-4,18,20H,5-9H2,(H,19,21). The summed E-state index contributed by atoms with van der Waals surface area (Å²) in [6, 6.07) is 6.66. The molecule has 0 bridgehead atoms. The van der Waals surface area contributed by atoms with Crippen LogP contribution in [0.5, 0.6) is 0 Å². The molecular weight excluding hydrogens is 285 g/mol. The smallest absolute Gasteiger partial charge is 0.392 e. The number of hydrogen-bond donors (Lipinski definition) is 3. The van der Waals surface area contributed by atoms with E-state index in [0.717, 1.165) is 0 Å². The fraction of sp³-hybridized carbons (Fsp3) is 0.500. The van der Waals surface area contributed by atoms with Gasteiger partial charge in [0, 0.05) is 13.1 Å². The van der Waals surface area contributed by atoms with Gasteiger partial charge in [0.25, 0.3) is 0 Å². The highest BCUT2D eigenvalue weighted by molar-refractivity contribution is 5.84. The molecule has 2 rings (SSSR count). The van der Waals surface area contributed by atoms with Crippen LogP contribution >= 0.6 is 0 Å². The Labute approximate surface area is 120 Å². The van der Waals surface area contributed by atoms with Crippen molar-refractivity contribution in [3.63, 3.8) is 0 Å². The fourth-order valence-corrected chi connectivity index (χ4v) is 2.37. The van der Waals surface area contributed by atoms with E-state index in [0.29, 0.717) is 11.1 Å². The third-order valence-electron chi connectivity index (χ3n) is 3.79. The van der Waals surface area contributed by atoms with Crippen LogP contribution in [0.2, 0.25) is 0 Å². The molecule has 0 aromatic heterocycles. The number of benzene rings is 1. The molecule has 0 spiro atoms. The first-order valence-corrected chi connectivity index (χ1v) is 6.63. The molecule has 0 aliphatic carbocycles. The van der Waals surface area contributed by atoms with Gasteiger partial charge in [0.15, 0.2) is 5.41 Å². The van der Waals surface area contributed by atoms with Crippen LogP contribution in [0.1, 0.15) is 17.5 Å². The summed E-state index contributed by atoms with van der Waals surface area (Å²) in [5.74, 6) is -0.994. The Morgan fingerprint density at radius 2 is 1.90 bits per heavy atom. The second-order valence-corrected chi connectivity index (χ2v) is 5.16. The summed E-state index contributed by atoms with van der Waals surface area (Å²) in [6.45, 7) is -0.276. The molecule has 1 unspecified atom stereocenters. The minimum absolute atomic E-state index is 0.0301. The van der Waals surface area contributed by atoms with E-state index in [1.807, 2.05) is 0 Å². The number of aliphatic hydroxyl groups excluding tert-OH is 1. The number of alkyl halides is 3. The van der Waals surface area contributed by atoms with Gasteiger partial charge in [-0.3, -0.25) is 4.79 Å². The van der Waals surface area contributed by atoms with E-state index in [1.165, 1.54) is 0 Å². The molecule has 1 aliphatic rings. The molecule has 1 aromatic rings. The third-order valence-corrected chi connectivity index (χ3v) is 3.79. The number of carbonyl (C=O) groups is 1. The maximum Gasteiger partial charge on any atom is 0.404 e. The van der Waals surface area contributed by atoms with Gasteiger partial charge in [-0.2, -0.15) is 13.2 Å². The van der Waals surface area contributed by atoms with Gasteiger partial charge in [0.05, 0.1) is 6.61 Å². The van der Waals surface area contributed by atoms with E-state index >= 15 is 0 Å². The SMILES string of the molecule is O=C(NCc1ccc(CO)cc1)C1(C(F)(F)F)CCNC1. The number of carbonyl (C=O) groups excluding carboxylic acids is 1. The average molecular weight is 302 g/mol. The Balaban J connectivity index is 2.02. The largest absolute Gasteiger partial charge is 0.404 e. The molecule has 1 fully saturated rings. The quantitative estimate of drug-likeness (QED) is 0.786. The summed E-state index contributed by atoms with van der Waals surface area (Å²) in [6.07, 6.45) is -4.81. The topological polar surface area (TPSA) is 61.4 Å². The highest BCUT2D eigenvalue weighted by atomic mass is 19.4. The van der Waals surface area contributed by atoms with E-state index in [-0.39, 0.29) is 32.7 Å². The zero-order chi connectivity index (χ0) is 15.5. The van der Waals surface area contributed by atoms with Gasteiger partial charge in [-0.05, 0) is 24.1 Å². The monoisotopic (exact) mass is 302 g/mol. The van der Waals surface area contributed by atoms with Crippen LogP contribution in [0.25, 0.3) is 0 Å². The summed E-state index contributed by atoms with van der Waals surface area (Å²) in [5.41, 5.74) is -0.946. The predicted molar refractivity (Wildman–Crippen MR) is 70.2 cm³/mol. The first-order chi connectivity index (χ1) is 9.89. The van der Waals surface area contributed by atoms with Crippen LogP contribution < -0.4 is 10.6 Å². The normalized spacial score (nSPS) is 22.3. The lowest BCUT2D eigenvalue weighted by molar-refractivity contribution is -0.216. The van der Waals surface area contributed by atoms with Crippen molar-refractivity contribution in [2.75, 3.05) is 13.1 Å². The van der Waals surface area contributed by atoms with E-state index in [1.54, 1.807) is 24.3 Å². The van der Waals surface area contributed by atoms with Crippen molar-refractivity contribution in [2.24, 2.45) is 5.41 Å². The van der Waals surface area contributed by atoms with E-state index in [9.17, 15) is 18.0 Å². The van der Waals surface area contributed by atoms with Gasteiger partial charge in [-0.15, -0.1) is 0 Å². The first kappa shape index (κ1) is 15.8. The molecule has 0 saturated carbocycles. The maximum atomic E-state index is 13.2. The van der Waals surface area contributed by atoms with Crippen molar-refractivity contribution in [3.8, 4) is 0 Å². The van der Waals surface area contributed by atoms with Gasteiger partial charge in [-0.25, -0.2) is 0 Å². The van der Waals surface area contributed by atoms with Crippen LogP contribution in [-0.4, -0.2) is 30.3 Å². The summed E-state index contributed by atoms with van der Waals surface area (Å²) < 4.78 is 39.5. The molecule has 7 heteroatoms. The van der Waals surface area contributed by atoms with Gasteiger partial charge in [-0.1, -0.05) is 24.3 Å². The Kier molecular flexibility index (Phi) is 4.53. The van der Waals surface area contributed by atoms with Crippen molar-refractivity contribution < 1.29 is 23.1 Å². The minimum Gasteiger partial charge on any atom is -0.392 e. The molecule has 1 aromatic carbocycles. The van der Waals surface area contributed by atoms with Gasteiger partial charge in [0.2, 0.25) is 5.91 Å². The average Bonchev–Trinajstić information content (AvgIpc) is 2.96. The number of nitrogens with one attached hydrogen (secondary N) is 2. The Morgan fingerprint density at radius 1 is 1.29 bits per heavy atom. The lowest BCUT2D eigenvalue weighted by atomic mass is 9.85. The maximum absolute atomic E-state index is 13.2. The van der Waals surface area contributed by atoms with Crippen molar-refractivity contribution in [2.45, 2.75) is 25.7 Å². The molecule has 0 radical (unpaired) electrons. The molecule has 1 atom stereocenters. The van der Waals surface area contributed by atoms with Crippen molar-refractivity contribution >= 4 is 5.91 Å². The van der Waals surface area contributed by atoms with E-state index < -0.39 is 17.5 Å². The highest BCUT2D eigenvalue weighted by Crippen LogP contribution is 2.43. The summed E-state index contributed by atoms with van der Waals surface area (Å²) in [4.78, 5) is 12.0. The summed E-state index contributed by atoms with van der Waals surface area (Å²) in [5, 5.41) is 13.9.